The summed E-state index contributed by atoms with van der Waals surface area (Å²) in [5.74, 6) is -0.418. The molecule has 0 aliphatic carbocycles. The Hall–Kier alpha value is -2.56. The monoisotopic (exact) mass is 376 g/mol. The number of fused-ring (bicyclic) bond motifs is 7. The highest BCUT2D eigenvalue weighted by Crippen LogP contribution is 2.40. The van der Waals surface area contributed by atoms with Crippen LogP contribution in [-0.4, -0.2) is 0 Å². The van der Waals surface area contributed by atoms with Crippen LogP contribution in [0.2, 0.25) is 0 Å². The van der Waals surface area contributed by atoms with Gasteiger partial charge in [-0.2, -0.15) is 0 Å². The summed E-state index contributed by atoms with van der Waals surface area (Å²) in [4.78, 5) is 0. The van der Waals surface area contributed by atoms with E-state index in [9.17, 15) is 8.78 Å². The first-order chi connectivity index (χ1) is 12.7. The number of benzene rings is 4. The lowest BCUT2D eigenvalue weighted by atomic mass is 10.0. The van der Waals surface area contributed by atoms with E-state index in [1.54, 1.807) is 34.8 Å². The van der Waals surface area contributed by atoms with Crippen molar-refractivity contribution in [3.8, 4) is 0 Å². The molecule has 0 amide bonds. The van der Waals surface area contributed by atoms with Crippen LogP contribution in [0.25, 0.3) is 51.1 Å². The van der Waals surface area contributed by atoms with Crippen molar-refractivity contribution in [2.24, 2.45) is 0 Å². The van der Waals surface area contributed by atoms with Crippen molar-refractivity contribution in [1.29, 1.82) is 0 Å². The van der Waals surface area contributed by atoms with E-state index in [0.717, 1.165) is 51.1 Å². The molecule has 0 saturated heterocycles. The molecule has 26 heavy (non-hydrogen) atoms. The van der Waals surface area contributed by atoms with E-state index in [0.29, 0.717) is 0 Å². The normalized spacial score (nSPS) is 12.2. The van der Waals surface area contributed by atoms with Gasteiger partial charge in [0.25, 0.3) is 0 Å². The van der Waals surface area contributed by atoms with Crippen LogP contribution in [0.4, 0.5) is 8.78 Å². The average Bonchev–Trinajstić information content (AvgIpc) is 3.15. The van der Waals surface area contributed by atoms with Crippen molar-refractivity contribution >= 4 is 73.8 Å². The molecule has 0 aliphatic heterocycles. The Morgan fingerprint density at radius 3 is 1.35 bits per heavy atom. The van der Waals surface area contributed by atoms with Crippen LogP contribution in [0, 0.1) is 11.6 Å². The molecule has 0 unspecified atom stereocenters. The SMILES string of the molecule is Fc1ccc2sc3cc4cc5c(cc4cc3c2c1)sc1ccc(F)cc15. The average molecular weight is 376 g/mol. The van der Waals surface area contributed by atoms with Crippen LogP contribution in [0.1, 0.15) is 0 Å². The molecular formula is C22H10F2S2. The molecule has 2 heterocycles. The maximum atomic E-state index is 13.7. The molecule has 6 aromatic rings. The number of thiophene rings is 2. The van der Waals surface area contributed by atoms with E-state index in [-0.39, 0.29) is 11.6 Å². The quantitative estimate of drug-likeness (QED) is 0.253. The molecule has 4 heteroatoms. The van der Waals surface area contributed by atoms with Crippen LogP contribution in [-0.2, 0) is 0 Å². The van der Waals surface area contributed by atoms with Crippen LogP contribution >= 0.6 is 22.7 Å². The number of halogens is 2. The van der Waals surface area contributed by atoms with Gasteiger partial charge in [-0.25, -0.2) is 8.78 Å². The highest BCUT2D eigenvalue weighted by atomic mass is 32.1. The number of hydrogen-bond acceptors (Lipinski definition) is 2. The topological polar surface area (TPSA) is 0 Å². The number of rotatable bonds is 0. The summed E-state index contributed by atoms with van der Waals surface area (Å²) in [7, 11) is 0. The Kier molecular flexibility index (Phi) is 2.80. The first kappa shape index (κ1) is 14.6. The second-order valence-electron chi connectivity index (χ2n) is 6.53. The zero-order chi connectivity index (χ0) is 17.4. The summed E-state index contributed by atoms with van der Waals surface area (Å²) in [6.45, 7) is 0. The highest BCUT2D eigenvalue weighted by molar-refractivity contribution is 7.26. The lowest BCUT2D eigenvalue weighted by molar-refractivity contribution is 0.629. The van der Waals surface area contributed by atoms with Crippen molar-refractivity contribution < 1.29 is 8.78 Å². The Morgan fingerprint density at radius 1 is 0.462 bits per heavy atom. The predicted molar refractivity (Wildman–Crippen MR) is 110 cm³/mol. The van der Waals surface area contributed by atoms with E-state index in [1.165, 1.54) is 12.1 Å². The van der Waals surface area contributed by atoms with E-state index in [2.05, 4.69) is 24.3 Å². The molecule has 0 nitrogen and oxygen atoms in total. The second kappa shape index (κ2) is 5.00. The fourth-order valence-corrected chi connectivity index (χ4v) is 5.97. The van der Waals surface area contributed by atoms with Crippen molar-refractivity contribution in [3.63, 3.8) is 0 Å². The Labute approximate surface area is 154 Å². The zero-order valence-corrected chi connectivity index (χ0v) is 15.0. The lowest BCUT2D eigenvalue weighted by Gasteiger charge is -2.01. The largest absolute Gasteiger partial charge is 0.207 e. The molecule has 0 N–H and O–H groups in total. The summed E-state index contributed by atoms with van der Waals surface area (Å²) in [6.07, 6.45) is 0. The molecule has 6 rings (SSSR count). The summed E-state index contributed by atoms with van der Waals surface area (Å²) in [5.41, 5.74) is 0. The predicted octanol–water partition coefficient (Wildman–Crippen LogP) is 7.85. The van der Waals surface area contributed by atoms with Crippen LogP contribution in [0.15, 0.2) is 60.7 Å². The smallest absolute Gasteiger partial charge is 0.123 e. The van der Waals surface area contributed by atoms with E-state index in [1.807, 2.05) is 12.1 Å². The molecule has 2 aromatic heterocycles. The van der Waals surface area contributed by atoms with Crippen molar-refractivity contribution in [2.45, 2.75) is 0 Å². The fraction of sp³-hybridized carbons (Fsp3) is 0. The van der Waals surface area contributed by atoms with Gasteiger partial charge in [-0.15, -0.1) is 22.7 Å². The zero-order valence-electron chi connectivity index (χ0n) is 13.3. The molecule has 0 spiro atoms. The summed E-state index contributed by atoms with van der Waals surface area (Å²) < 4.78 is 31.8. The Bertz CT molecular complexity index is 1390. The molecule has 0 radical (unpaired) electrons. The van der Waals surface area contributed by atoms with Gasteiger partial charge in [0.15, 0.2) is 0 Å². The summed E-state index contributed by atoms with van der Waals surface area (Å²) >= 11 is 3.35. The molecular weight excluding hydrogens is 366 g/mol. The molecule has 0 atom stereocenters. The van der Waals surface area contributed by atoms with Gasteiger partial charge >= 0.3 is 0 Å². The van der Waals surface area contributed by atoms with E-state index >= 15 is 0 Å². The van der Waals surface area contributed by atoms with Gasteiger partial charge in [-0.1, -0.05) is 0 Å². The molecule has 0 bridgehead atoms. The maximum absolute atomic E-state index is 13.7. The minimum atomic E-state index is -0.209. The van der Waals surface area contributed by atoms with Crippen LogP contribution in [0.3, 0.4) is 0 Å². The Morgan fingerprint density at radius 2 is 0.885 bits per heavy atom. The van der Waals surface area contributed by atoms with Gasteiger partial charge in [-0.3, -0.25) is 0 Å². The van der Waals surface area contributed by atoms with Gasteiger partial charge in [0, 0.05) is 40.3 Å². The van der Waals surface area contributed by atoms with Gasteiger partial charge in [0.1, 0.15) is 11.6 Å². The molecule has 0 fully saturated rings. The standard InChI is InChI=1S/C22H10F2S2/c23-13-1-3-19-17(9-13)15-5-11-8-22-16(6-12(11)7-21(15)25-19)18-10-14(24)2-4-20(18)26-22/h1-10H. The first-order valence-electron chi connectivity index (χ1n) is 8.23. The third-order valence-corrected chi connectivity index (χ3v) is 7.21. The Balaban J connectivity index is 1.76. The van der Waals surface area contributed by atoms with E-state index in [4.69, 9.17) is 0 Å². The van der Waals surface area contributed by atoms with Gasteiger partial charge < -0.3 is 0 Å². The molecule has 124 valence electrons. The minimum absolute atomic E-state index is 0.209. The third kappa shape index (κ3) is 1.97. The van der Waals surface area contributed by atoms with E-state index < -0.39 is 0 Å². The van der Waals surface area contributed by atoms with Gasteiger partial charge in [-0.05, 0) is 71.4 Å². The minimum Gasteiger partial charge on any atom is -0.207 e. The third-order valence-electron chi connectivity index (χ3n) is 4.94. The highest BCUT2D eigenvalue weighted by Gasteiger charge is 2.11. The first-order valence-corrected chi connectivity index (χ1v) is 9.86. The van der Waals surface area contributed by atoms with Crippen molar-refractivity contribution in [1.82, 2.24) is 0 Å². The molecule has 0 saturated carbocycles. The summed E-state index contributed by atoms with van der Waals surface area (Å²) in [5, 5.41) is 6.35. The van der Waals surface area contributed by atoms with Crippen LogP contribution in [0.5, 0.6) is 0 Å². The fourth-order valence-electron chi connectivity index (χ4n) is 3.74. The van der Waals surface area contributed by atoms with Gasteiger partial charge in [0.2, 0.25) is 0 Å². The lowest BCUT2D eigenvalue weighted by Crippen LogP contribution is -1.76. The second-order valence-corrected chi connectivity index (χ2v) is 8.70. The maximum Gasteiger partial charge on any atom is 0.123 e. The number of hydrogen-bond donors (Lipinski definition) is 0. The van der Waals surface area contributed by atoms with Crippen molar-refractivity contribution in [3.05, 3.63) is 72.3 Å². The molecule has 0 aliphatic rings. The molecule has 4 aromatic carbocycles. The van der Waals surface area contributed by atoms with Gasteiger partial charge in [0.05, 0.1) is 0 Å². The summed E-state index contributed by atoms with van der Waals surface area (Å²) in [6, 6.07) is 18.5. The van der Waals surface area contributed by atoms with Crippen molar-refractivity contribution in [2.75, 3.05) is 0 Å². The van der Waals surface area contributed by atoms with Crippen LogP contribution < -0.4 is 0 Å².